The van der Waals surface area contributed by atoms with Crippen LogP contribution in [0.25, 0.3) is 0 Å². The van der Waals surface area contributed by atoms with E-state index in [-0.39, 0.29) is 16.5 Å². The van der Waals surface area contributed by atoms with Gasteiger partial charge >= 0.3 is 5.97 Å². The van der Waals surface area contributed by atoms with Gasteiger partial charge in [0.15, 0.2) is 0 Å². The maximum absolute atomic E-state index is 13.6. The molecule has 2 atom stereocenters. The molecule has 1 rings (SSSR count). The Hall–Kier alpha value is -0.840. The fourth-order valence-corrected chi connectivity index (χ4v) is 2.43. The van der Waals surface area contributed by atoms with E-state index in [0.717, 1.165) is 0 Å². The summed E-state index contributed by atoms with van der Waals surface area (Å²) in [6.45, 7) is 3.47. The molecule has 0 aliphatic heterocycles. The lowest BCUT2D eigenvalue weighted by Crippen LogP contribution is -2.43. The monoisotopic (exact) mass is 307 g/mol. The van der Waals surface area contributed by atoms with Gasteiger partial charge in [-0.25, -0.2) is 4.39 Å². The minimum atomic E-state index is -0.838. The van der Waals surface area contributed by atoms with E-state index in [1.54, 1.807) is 13.8 Å². The fraction of sp³-hybridized carbons (Fsp3) is 0.462. The third-order valence-electron chi connectivity index (χ3n) is 3.37. The number of nitrogens with two attached hydrogens (primary N) is 1. The summed E-state index contributed by atoms with van der Waals surface area (Å²) in [5.41, 5.74) is 5.54. The number of carbonyl (C=O) groups excluding carboxylic acids is 1. The molecule has 2 unspecified atom stereocenters. The van der Waals surface area contributed by atoms with Crippen LogP contribution < -0.4 is 5.73 Å². The van der Waals surface area contributed by atoms with Gasteiger partial charge in [-0.1, -0.05) is 30.1 Å². The SMILES string of the molecule is COC(=O)CC(C)(c1cc(F)c(Cl)cc1Cl)C(C)N. The van der Waals surface area contributed by atoms with Gasteiger partial charge in [0.25, 0.3) is 0 Å². The number of hydrogen-bond donors (Lipinski definition) is 1. The minimum absolute atomic E-state index is 0.00194. The van der Waals surface area contributed by atoms with Crippen molar-refractivity contribution >= 4 is 29.2 Å². The van der Waals surface area contributed by atoms with E-state index in [2.05, 4.69) is 4.74 Å². The summed E-state index contributed by atoms with van der Waals surface area (Å²) >= 11 is 11.8. The predicted octanol–water partition coefficient (Wildman–Crippen LogP) is 3.30. The topological polar surface area (TPSA) is 52.3 Å². The first-order chi connectivity index (χ1) is 8.72. The Labute approximate surface area is 121 Å². The number of benzene rings is 1. The lowest BCUT2D eigenvalue weighted by molar-refractivity contribution is -0.142. The maximum atomic E-state index is 13.6. The summed E-state index contributed by atoms with van der Waals surface area (Å²) in [6, 6.07) is 2.10. The smallest absolute Gasteiger partial charge is 0.306 e. The van der Waals surface area contributed by atoms with Crippen LogP contribution in [0, 0.1) is 5.82 Å². The van der Waals surface area contributed by atoms with Gasteiger partial charge in [0.05, 0.1) is 18.6 Å². The third-order valence-corrected chi connectivity index (χ3v) is 3.97. The molecule has 0 saturated carbocycles. The average molecular weight is 308 g/mol. The number of esters is 1. The van der Waals surface area contributed by atoms with Crippen molar-refractivity contribution in [1.82, 2.24) is 0 Å². The first-order valence-corrected chi connectivity index (χ1v) is 6.45. The van der Waals surface area contributed by atoms with E-state index in [0.29, 0.717) is 5.56 Å². The van der Waals surface area contributed by atoms with E-state index < -0.39 is 23.2 Å². The van der Waals surface area contributed by atoms with Crippen molar-refractivity contribution in [3.63, 3.8) is 0 Å². The molecule has 0 saturated heterocycles. The number of hydrogen-bond acceptors (Lipinski definition) is 3. The summed E-state index contributed by atoms with van der Waals surface area (Å²) < 4.78 is 18.3. The molecule has 0 heterocycles. The summed E-state index contributed by atoms with van der Waals surface area (Å²) in [6.07, 6.45) is 0.00194. The van der Waals surface area contributed by atoms with E-state index >= 15 is 0 Å². The van der Waals surface area contributed by atoms with Crippen molar-refractivity contribution in [1.29, 1.82) is 0 Å². The lowest BCUT2D eigenvalue weighted by atomic mass is 9.74. The number of rotatable bonds is 4. The van der Waals surface area contributed by atoms with Gasteiger partial charge < -0.3 is 10.5 Å². The van der Waals surface area contributed by atoms with E-state index in [1.165, 1.54) is 19.2 Å². The highest BCUT2D eigenvalue weighted by Crippen LogP contribution is 2.38. The Morgan fingerprint density at radius 3 is 2.53 bits per heavy atom. The standard InChI is InChI=1S/C13H16Cl2FNO2/c1-7(17)13(2,6-12(18)19-3)8-4-11(16)10(15)5-9(8)14/h4-5,7H,6,17H2,1-3H3. The summed E-state index contributed by atoms with van der Waals surface area (Å²) in [7, 11) is 1.29. The minimum Gasteiger partial charge on any atom is -0.469 e. The van der Waals surface area contributed by atoms with Crippen LogP contribution in [-0.2, 0) is 14.9 Å². The molecule has 106 valence electrons. The summed E-state index contributed by atoms with van der Waals surface area (Å²) in [5.74, 6) is -1.04. The molecule has 0 aromatic heterocycles. The highest BCUT2D eigenvalue weighted by Gasteiger charge is 2.36. The highest BCUT2D eigenvalue weighted by molar-refractivity contribution is 6.35. The van der Waals surface area contributed by atoms with Crippen LogP contribution in [0.1, 0.15) is 25.8 Å². The van der Waals surface area contributed by atoms with E-state index in [4.69, 9.17) is 28.9 Å². The summed E-state index contributed by atoms with van der Waals surface area (Å²) in [5, 5.41) is 0.203. The van der Waals surface area contributed by atoms with Crippen molar-refractivity contribution in [2.75, 3.05) is 7.11 Å². The van der Waals surface area contributed by atoms with Crippen molar-refractivity contribution < 1.29 is 13.9 Å². The van der Waals surface area contributed by atoms with E-state index in [9.17, 15) is 9.18 Å². The highest BCUT2D eigenvalue weighted by atomic mass is 35.5. The van der Waals surface area contributed by atoms with Crippen LogP contribution in [-0.4, -0.2) is 19.1 Å². The van der Waals surface area contributed by atoms with Crippen LogP contribution in [0.4, 0.5) is 4.39 Å². The first kappa shape index (κ1) is 16.2. The molecule has 3 nitrogen and oxygen atoms in total. The van der Waals surface area contributed by atoms with Gasteiger partial charge in [0.1, 0.15) is 5.82 Å². The molecular weight excluding hydrogens is 292 g/mol. The number of methoxy groups -OCH3 is 1. The second kappa shape index (κ2) is 6.07. The molecule has 0 amide bonds. The van der Waals surface area contributed by atoms with Gasteiger partial charge in [0.2, 0.25) is 0 Å². The van der Waals surface area contributed by atoms with Crippen LogP contribution in [0.3, 0.4) is 0 Å². The quantitative estimate of drug-likeness (QED) is 0.686. The van der Waals surface area contributed by atoms with Crippen molar-refractivity contribution in [3.8, 4) is 0 Å². The zero-order chi connectivity index (χ0) is 14.8. The first-order valence-electron chi connectivity index (χ1n) is 5.69. The Bertz CT molecular complexity index is 494. The van der Waals surface area contributed by atoms with Crippen molar-refractivity contribution in [2.45, 2.75) is 31.7 Å². The second-order valence-electron chi connectivity index (χ2n) is 4.71. The molecule has 0 aliphatic carbocycles. The summed E-state index contributed by atoms with van der Waals surface area (Å²) in [4.78, 5) is 11.5. The number of carbonyl (C=O) groups is 1. The molecule has 1 aromatic carbocycles. The van der Waals surface area contributed by atoms with Crippen molar-refractivity contribution in [3.05, 3.63) is 33.6 Å². The van der Waals surface area contributed by atoms with Crippen LogP contribution in [0.2, 0.25) is 10.0 Å². The predicted molar refractivity (Wildman–Crippen MR) is 74.1 cm³/mol. The zero-order valence-electron chi connectivity index (χ0n) is 11.0. The molecule has 1 aromatic rings. The Kier molecular flexibility index (Phi) is 5.18. The average Bonchev–Trinajstić information content (AvgIpc) is 2.33. The van der Waals surface area contributed by atoms with E-state index in [1.807, 2.05) is 0 Å². The Balaban J connectivity index is 3.34. The van der Waals surface area contributed by atoms with Gasteiger partial charge in [-0.3, -0.25) is 4.79 Å². The maximum Gasteiger partial charge on any atom is 0.306 e. The molecule has 19 heavy (non-hydrogen) atoms. The molecule has 0 bridgehead atoms. The van der Waals surface area contributed by atoms with Crippen molar-refractivity contribution in [2.24, 2.45) is 5.73 Å². The fourth-order valence-electron chi connectivity index (χ4n) is 1.83. The molecule has 0 radical (unpaired) electrons. The van der Waals surface area contributed by atoms with Crippen LogP contribution in [0.15, 0.2) is 12.1 Å². The largest absolute Gasteiger partial charge is 0.469 e. The molecule has 0 spiro atoms. The normalized spacial score (nSPS) is 15.7. The van der Waals surface area contributed by atoms with Crippen LogP contribution in [0.5, 0.6) is 0 Å². The van der Waals surface area contributed by atoms with Gasteiger partial charge in [-0.2, -0.15) is 0 Å². The third kappa shape index (κ3) is 3.38. The lowest BCUT2D eigenvalue weighted by Gasteiger charge is -2.34. The van der Waals surface area contributed by atoms with Gasteiger partial charge in [-0.15, -0.1) is 0 Å². The molecule has 0 fully saturated rings. The number of halogens is 3. The zero-order valence-corrected chi connectivity index (χ0v) is 12.5. The number of ether oxygens (including phenoxy) is 1. The Morgan fingerprint density at radius 1 is 1.47 bits per heavy atom. The molecular formula is C13H16Cl2FNO2. The van der Waals surface area contributed by atoms with Crippen LogP contribution >= 0.6 is 23.2 Å². The van der Waals surface area contributed by atoms with Gasteiger partial charge in [-0.05, 0) is 24.6 Å². The molecule has 0 aliphatic rings. The Morgan fingerprint density at radius 2 is 2.05 bits per heavy atom. The molecule has 2 N–H and O–H groups in total. The van der Waals surface area contributed by atoms with Gasteiger partial charge in [0, 0.05) is 16.5 Å². The molecule has 6 heteroatoms. The second-order valence-corrected chi connectivity index (χ2v) is 5.52.